The number of phosphoric acid groups is 2. The van der Waals surface area contributed by atoms with Crippen LogP contribution < -0.4 is 62.1 Å². The Hall–Kier alpha value is -7.49. The van der Waals surface area contributed by atoms with Crippen LogP contribution in [0.25, 0.3) is 33.5 Å². The number of ether oxygens (including phenoxy) is 12. The lowest BCUT2D eigenvalue weighted by molar-refractivity contribution is -0.215. The van der Waals surface area contributed by atoms with Crippen molar-refractivity contribution in [2.75, 3.05) is 105 Å². The molecule has 4 bridgehead atoms. The maximum atomic E-state index is 15.5. The molecule has 0 spiro atoms. The van der Waals surface area contributed by atoms with Crippen molar-refractivity contribution in [3.8, 4) is 0 Å². The molecule has 0 saturated carbocycles. The number of nitrogens with one attached hydrogen (secondary N) is 6. The second-order valence-corrected chi connectivity index (χ2v) is 47.7. The predicted molar refractivity (Wildman–Crippen MR) is 494 cm³/mol. The number of hydrogen-bond donors (Lipinski definition) is 16. The summed E-state index contributed by atoms with van der Waals surface area (Å²) in [7, 11) is -8.12. The van der Waals surface area contributed by atoms with Gasteiger partial charge in [0.25, 0.3) is 27.8 Å². The molecule has 17 rings (SSSR count). The predicted octanol–water partition coefficient (Wildman–Crippen LogP) is -2.87. The maximum Gasteiger partial charge on any atom is 0.472 e. The van der Waals surface area contributed by atoms with Crippen molar-refractivity contribution in [3.63, 3.8) is 0 Å². The van der Waals surface area contributed by atoms with Crippen LogP contribution in [-0.4, -0.2) is 318 Å². The second-order valence-electron chi connectivity index (χ2n) is 33.6. The fourth-order valence-electron chi connectivity index (χ4n) is 17.8. The van der Waals surface area contributed by atoms with Gasteiger partial charge < -0.3 is 141 Å². The normalized spacial score (nSPS) is 32.1. The fourth-order valence-corrected chi connectivity index (χ4v) is 25.1. The highest BCUT2D eigenvalue weighted by atomic mass is 32.5. The van der Waals surface area contributed by atoms with Crippen molar-refractivity contribution in [1.29, 1.82) is 0 Å². The SMILES string of the molecule is COCCOC1[C@@H](OP(=O)(O)OC[C@]23O[C@@H](n4cnc5c(=O)[nH]c(N)nc54)C(O[C@H]2C)[C@H]3OP(O)(=S)OC[C@H]2O[C@@H](c3[nH]c(=O)[nH]c(=O)c3C)C[C@H]2OP(O)(=S)OC[C@H]2O[C@@H](n3cc(C)c(=O)[nH]c3=O)C[C@H]2OP(O)(=S)OC)[C@@H](COP(=O)(O)O[C@@H]2C3O[C@@H](C)[C@]2(COP(O)(=S)O[C@@H]2C(OCCOC)[C@H](n4cnc5c(N)ncnc54)O[C@@H]2CO)O[C@H]3n2cnc3c(=O)[nH]c(N)nc32)O[C@H]1n1cc(C)c(=O)[nH]c1=O. The van der Waals surface area contributed by atoms with Gasteiger partial charge in [-0.2, -0.15) is 9.97 Å². The molecular formula is C71H95N21O41P6S4. The van der Waals surface area contributed by atoms with Gasteiger partial charge >= 0.3 is 59.6 Å². The Balaban J connectivity index is 0.649. The summed E-state index contributed by atoms with van der Waals surface area (Å²) in [5, 5.41) is 10.9. The number of nitrogens with two attached hydrogens (primary N) is 3. The Morgan fingerprint density at radius 3 is 1.52 bits per heavy atom. The zero-order valence-electron chi connectivity index (χ0n) is 75.6. The van der Waals surface area contributed by atoms with Crippen LogP contribution in [0.4, 0.5) is 17.7 Å². The minimum Gasteiger partial charge on any atom is -0.394 e. The number of fused-ring (bicyclic) bond motifs is 7. The van der Waals surface area contributed by atoms with Crippen molar-refractivity contribution in [2.45, 2.75) is 194 Å². The molecule has 19 N–H and O–H groups in total. The average Bonchev–Trinajstić information content (AvgIpc) is 1.54. The lowest BCUT2D eigenvalue weighted by atomic mass is 9.94. The number of aryl methyl sites for hydroxylation is 2. The van der Waals surface area contributed by atoms with E-state index in [2.05, 4.69) is 64.8 Å². The van der Waals surface area contributed by atoms with E-state index in [1.165, 1.54) is 76.8 Å². The Morgan fingerprint density at radius 1 is 0.469 bits per heavy atom. The monoisotopic (exact) mass is 2210 g/mol. The number of H-pyrrole nitrogens is 6. The van der Waals surface area contributed by atoms with Crippen molar-refractivity contribution >= 4 is 141 Å². The first-order valence-corrected chi connectivity index (χ1v) is 56.2. The summed E-state index contributed by atoms with van der Waals surface area (Å²) >= 11 is 22.1. The molecule has 9 aromatic rings. The van der Waals surface area contributed by atoms with Gasteiger partial charge in [0.05, 0.1) is 115 Å². The van der Waals surface area contributed by atoms with Crippen LogP contribution in [0.15, 0.2) is 76.1 Å². The molecule has 8 fully saturated rings. The van der Waals surface area contributed by atoms with Gasteiger partial charge in [0.15, 0.2) is 58.7 Å². The molecule has 62 nitrogen and oxygen atoms in total. The van der Waals surface area contributed by atoms with E-state index in [-0.39, 0.29) is 94.4 Å². The molecule has 784 valence electrons. The number of phosphoric ester groups is 2. The standard InChI is InChI=1S/C71H95N21O41P6S4/c1-27-15-88(68(100)86-56(27)94)39-14-33(128-136(106,140)112-8)37(123-39)19-116-137(107,141)129-32-13-34(40-29(3)58(96)85-67(99)80-40)122-36(32)18-117-138(108,142)133-51-49-64(92-26-79-43-55(92)82-66(74)84-60(43)98)126-70(51,30(4)121-49)21-118-135(104,105)130-45-38(125-61(47(45)114-12-10-111-7)89-16-28(2)57(95)87-69(89)101)20-115-134(102,103)132-50-48-63(91-25-78-42-54(91)81-65(73)83-59(42)97)127-71(50,31(5)120-48)22-119-139(109,143)131-44-35(17-93)124-62(46(44)113-11-9-110-6)90-24-77-41-52(72)75-23-76-53(41)90/h15-16,23-26,30-39,44-51,61-64,93H,9-14,17-22H2,1-8H3,(H,102,103)(H,104,105)(H,106,140)(H,107,141)(H,108,142)(H,109,143)(H2,72,75,76)(H,86,94,100)(H,87,95,101)(H3,73,81,83,97)(H3,74,82,84,98)(H2,80,85,96,99)/t30-,31-,32+,33+,34+,35+,36+,37+,38+,39+,44-,45-,46?,47?,48?,49?,50+,51+,61+,62+,63+,64+,70-,71-,136?,137?,138?,139?/m0/s1. The van der Waals surface area contributed by atoms with Gasteiger partial charge in [-0.1, -0.05) is 0 Å². The largest absolute Gasteiger partial charge is 0.472 e. The van der Waals surface area contributed by atoms with E-state index in [4.69, 9.17) is 176 Å². The van der Waals surface area contributed by atoms with E-state index in [9.17, 15) is 72.8 Å². The van der Waals surface area contributed by atoms with Gasteiger partial charge in [0, 0.05) is 63.3 Å². The number of aromatic nitrogens is 18. The highest BCUT2D eigenvalue weighted by Gasteiger charge is 2.71. The van der Waals surface area contributed by atoms with Crippen molar-refractivity contribution in [3.05, 3.63) is 143 Å². The van der Waals surface area contributed by atoms with Crippen LogP contribution in [0, 0.1) is 20.8 Å². The van der Waals surface area contributed by atoms with E-state index in [1.807, 2.05) is 0 Å². The molecule has 17 heterocycles. The fraction of sp³-hybridized carbons (Fsp3) is 0.620. The molecule has 8 aliphatic rings. The molecule has 8 saturated heterocycles. The van der Waals surface area contributed by atoms with Crippen LogP contribution in [0.5, 0.6) is 0 Å². The Morgan fingerprint density at radius 2 is 0.951 bits per heavy atom. The molecular weight excluding hydrogens is 2120 g/mol. The minimum absolute atomic E-state index is 0.00782. The van der Waals surface area contributed by atoms with E-state index in [0.29, 0.717) is 0 Å². The van der Waals surface area contributed by atoms with Gasteiger partial charge in [-0.3, -0.25) is 98.9 Å². The zero-order valence-corrected chi connectivity index (χ0v) is 84.2. The topological polar surface area (TPSA) is 822 Å². The summed E-state index contributed by atoms with van der Waals surface area (Å²) in [5.74, 6) is -0.808. The molecule has 30 atom stereocenters. The van der Waals surface area contributed by atoms with E-state index in [0.717, 1.165) is 39.7 Å². The number of aliphatic hydroxyl groups excluding tert-OH is 1. The van der Waals surface area contributed by atoms with Gasteiger partial charge in [-0.25, -0.2) is 48.4 Å². The van der Waals surface area contributed by atoms with Crippen molar-refractivity contribution < 1.29 is 155 Å². The summed E-state index contributed by atoms with van der Waals surface area (Å²) in [5.41, 5.74) is 5.60. The molecule has 72 heteroatoms. The highest BCUT2D eigenvalue weighted by Crippen LogP contribution is 2.63. The second kappa shape index (κ2) is 41.8. The Labute approximate surface area is 820 Å². The van der Waals surface area contributed by atoms with Crippen molar-refractivity contribution in [1.82, 2.24) is 87.6 Å². The summed E-state index contributed by atoms with van der Waals surface area (Å²) in [4.78, 5) is 221. The van der Waals surface area contributed by atoms with Crippen LogP contribution >= 0.6 is 42.5 Å². The summed E-state index contributed by atoms with van der Waals surface area (Å²) in [6.45, 7) is -18.4. The number of nitrogens with zero attached hydrogens (tertiary/aromatic N) is 12. The lowest BCUT2D eigenvalue weighted by Gasteiger charge is -2.37. The van der Waals surface area contributed by atoms with Crippen LogP contribution in [-0.2, 0) is 167 Å². The van der Waals surface area contributed by atoms with Gasteiger partial charge in [-0.05, 0) is 81.8 Å². The molecule has 0 aliphatic carbocycles. The lowest BCUT2D eigenvalue weighted by Crippen LogP contribution is -2.50. The molecule has 0 radical (unpaired) electrons. The number of methoxy groups -OCH3 is 2. The minimum atomic E-state index is -5.99. The average molecular weight is 2210 g/mol. The first-order chi connectivity index (χ1) is 67.6. The third-order valence-corrected chi connectivity index (χ3v) is 32.9. The third-order valence-electron chi connectivity index (χ3n) is 24.6. The van der Waals surface area contributed by atoms with Crippen LogP contribution in [0.2, 0.25) is 0 Å². The number of imidazole rings is 3. The Kier molecular flexibility index (Phi) is 31.2. The number of hydrogen-bond acceptors (Lipinski definition) is 49. The van der Waals surface area contributed by atoms with E-state index in [1.54, 1.807) is 0 Å². The number of anilines is 3. The zero-order chi connectivity index (χ0) is 103. The van der Waals surface area contributed by atoms with Gasteiger partial charge in [0.1, 0.15) is 109 Å². The third kappa shape index (κ3) is 21.9. The number of nitrogen functional groups attached to an aromatic ring is 3. The molecule has 8 aliphatic heterocycles. The number of aliphatic hydroxyl groups is 1. The van der Waals surface area contributed by atoms with Crippen LogP contribution in [0.3, 0.4) is 0 Å². The van der Waals surface area contributed by atoms with Gasteiger partial charge in [-0.15, -0.1) is 0 Å². The first-order valence-electron chi connectivity index (χ1n) is 42.9. The summed E-state index contributed by atoms with van der Waals surface area (Å²) in [6.07, 6.45) is -28.2. The maximum absolute atomic E-state index is 15.5. The van der Waals surface area contributed by atoms with Gasteiger partial charge in [0.2, 0.25) is 11.9 Å². The quantitative estimate of drug-likeness (QED) is 0.0135. The molecule has 143 heavy (non-hydrogen) atoms. The van der Waals surface area contributed by atoms with E-state index >= 15 is 9.13 Å². The number of rotatable bonds is 43. The molecule has 9 aromatic heterocycles. The Bertz CT molecular complexity index is 7160. The van der Waals surface area contributed by atoms with Crippen LogP contribution in [0.1, 0.15) is 86.3 Å². The molecule has 10 unspecified atom stereocenters. The smallest absolute Gasteiger partial charge is 0.394 e. The molecule has 0 amide bonds. The van der Waals surface area contributed by atoms with Crippen molar-refractivity contribution in [2.24, 2.45) is 0 Å². The van der Waals surface area contributed by atoms with E-state index < -0.39 is 292 Å². The first kappa shape index (κ1) is 107. The summed E-state index contributed by atoms with van der Waals surface area (Å²) in [6, 6.07) is 0. The summed E-state index contributed by atoms with van der Waals surface area (Å²) < 4.78 is 183. The number of aromatic amines is 6. The molecule has 0 aromatic carbocycles. The highest BCUT2D eigenvalue weighted by molar-refractivity contribution is 8.08.